The Kier molecular flexibility index (Phi) is 3.97. The van der Waals surface area contributed by atoms with Crippen molar-refractivity contribution < 1.29 is 0 Å². The predicted molar refractivity (Wildman–Crippen MR) is 72.6 cm³/mol. The number of hydrogen-bond donors (Lipinski definition) is 1. The molecule has 1 N–H and O–H groups in total. The van der Waals surface area contributed by atoms with E-state index in [0.717, 1.165) is 11.0 Å². The Hall–Kier alpha value is -1.13. The number of hydrogen-bond acceptors (Lipinski definition) is 2. The van der Waals surface area contributed by atoms with Crippen molar-refractivity contribution in [2.24, 2.45) is 7.05 Å². The number of rotatable bonds is 4. The molecule has 3 nitrogen and oxygen atoms in total. The second-order valence-corrected chi connectivity index (χ2v) is 5.07. The molecule has 1 heterocycles. The van der Waals surface area contributed by atoms with Gasteiger partial charge in [-0.25, -0.2) is 4.98 Å². The second-order valence-electron chi connectivity index (χ2n) is 4.15. The molecule has 0 bridgehead atoms. The molecule has 2 rings (SSSR count). The summed E-state index contributed by atoms with van der Waals surface area (Å²) in [6.07, 6.45) is 3.71. The Morgan fingerprint density at radius 2 is 2.29 bits per heavy atom. The summed E-state index contributed by atoms with van der Waals surface area (Å²) in [5.41, 5.74) is 2.47. The van der Waals surface area contributed by atoms with Crippen LogP contribution in [0.4, 0.5) is 0 Å². The van der Waals surface area contributed by atoms with Gasteiger partial charge in [0.05, 0.1) is 12.0 Å². The molecule has 0 aliphatic heterocycles. The van der Waals surface area contributed by atoms with E-state index in [1.165, 1.54) is 11.3 Å². The first-order valence-electron chi connectivity index (χ1n) is 5.61. The number of halogens is 1. The summed E-state index contributed by atoms with van der Waals surface area (Å²) in [6, 6.07) is 8.69. The quantitative estimate of drug-likeness (QED) is 0.939. The summed E-state index contributed by atoms with van der Waals surface area (Å²) in [7, 11) is 2.01. The number of nitrogens with zero attached hydrogens (tertiary/aromatic N) is 2. The van der Waals surface area contributed by atoms with Crippen LogP contribution < -0.4 is 5.32 Å². The van der Waals surface area contributed by atoms with Gasteiger partial charge in [0.2, 0.25) is 0 Å². The van der Waals surface area contributed by atoms with Gasteiger partial charge in [0.25, 0.3) is 0 Å². The smallest absolute Gasteiger partial charge is 0.0945 e. The first-order chi connectivity index (χ1) is 8.16. The zero-order valence-electron chi connectivity index (χ0n) is 10.0. The zero-order chi connectivity index (χ0) is 12.3. The van der Waals surface area contributed by atoms with E-state index in [9.17, 15) is 0 Å². The van der Waals surface area contributed by atoms with E-state index in [2.05, 4.69) is 51.4 Å². The van der Waals surface area contributed by atoms with Crippen LogP contribution in [0.1, 0.15) is 24.2 Å². The van der Waals surface area contributed by atoms with Crippen LogP contribution in [-0.2, 0) is 13.6 Å². The maximum Gasteiger partial charge on any atom is 0.0945 e. The third-order valence-corrected chi connectivity index (χ3v) is 3.35. The van der Waals surface area contributed by atoms with E-state index in [0.29, 0.717) is 6.04 Å². The number of benzene rings is 1. The van der Waals surface area contributed by atoms with Crippen molar-refractivity contribution in [1.82, 2.24) is 14.9 Å². The maximum atomic E-state index is 4.10. The van der Waals surface area contributed by atoms with Crippen LogP contribution >= 0.6 is 15.9 Å². The Bertz CT molecular complexity index is 493. The van der Waals surface area contributed by atoms with Crippen LogP contribution in [0.15, 0.2) is 41.3 Å². The Morgan fingerprint density at radius 1 is 1.47 bits per heavy atom. The average Bonchev–Trinajstić information content (AvgIpc) is 2.72. The van der Waals surface area contributed by atoms with E-state index in [1.807, 2.05) is 30.2 Å². The van der Waals surface area contributed by atoms with E-state index in [1.54, 1.807) is 0 Å². The van der Waals surface area contributed by atoms with Crippen LogP contribution in [0.5, 0.6) is 0 Å². The Morgan fingerprint density at radius 3 is 2.94 bits per heavy atom. The van der Waals surface area contributed by atoms with Gasteiger partial charge in [-0.15, -0.1) is 0 Å². The van der Waals surface area contributed by atoms with Crippen LogP contribution in [0, 0.1) is 0 Å². The molecular formula is C13H16BrN3. The number of aromatic nitrogens is 2. The van der Waals surface area contributed by atoms with Crippen molar-refractivity contribution in [3.8, 4) is 0 Å². The first kappa shape index (κ1) is 12.3. The lowest BCUT2D eigenvalue weighted by molar-refractivity contribution is 0.558. The molecule has 0 saturated carbocycles. The summed E-state index contributed by atoms with van der Waals surface area (Å²) < 4.78 is 3.14. The van der Waals surface area contributed by atoms with Gasteiger partial charge in [-0.3, -0.25) is 0 Å². The largest absolute Gasteiger partial charge is 0.337 e. The highest BCUT2D eigenvalue weighted by Gasteiger charge is 2.06. The maximum absolute atomic E-state index is 4.10. The minimum absolute atomic E-state index is 0.322. The van der Waals surface area contributed by atoms with Crippen LogP contribution in [0.25, 0.3) is 0 Å². The van der Waals surface area contributed by atoms with Crippen molar-refractivity contribution >= 4 is 15.9 Å². The topological polar surface area (TPSA) is 29.9 Å². The van der Waals surface area contributed by atoms with Gasteiger partial charge in [-0.1, -0.05) is 28.1 Å². The standard InChI is InChI=1S/C13H16BrN3/c1-10(11-4-3-5-12(14)6-11)16-8-13-7-15-9-17(13)2/h3-7,9-10,16H,8H2,1-2H3. The van der Waals surface area contributed by atoms with Gasteiger partial charge < -0.3 is 9.88 Å². The zero-order valence-corrected chi connectivity index (χ0v) is 11.6. The molecule has 0 aliphatic rings. The molecule has 0 aliphatic carbocycles. The Labute approximate surface area is 110 Å². The molecular weight excluding hydrogens is 278 g/mol. The van der Waals surface area contributed by atoms with Crippen molar-refractivity contribution in [2.45, 2.75) is 19.5 Å². The third kappa shape index (κ3) is 3.17. The summed E-state index contributed by atoms with van der Waals surface area (Å²) in [6.45, 7) is 2.99. The van der Waals surface area contributed by atoms with E-state index in [-0.39, 0.29) is 0 Å². The molecule has 0 radical (unpaired) electrons. The van der Waals surface area contributed by atoms with Gasteiger partial charge >= 0.3 is 0 Å². The number of nitrogens with one attached hydrogen (secondary N) is 1. The monoisotopic (exact) mass is 293 g/mol. The molecule has 1 aromatic heterocycles. The lowest BCUT2D eigenvalue weighted by atomic mass is 10.1. The summed E-state index contributed by atoms with van der Waals surface area (Å²) >= 11 is 3.49. The fourth-order valence-corrected chi connectivity index (χ4v) is 2.12. The molecule has 0 fully saturated rings. The molecule has 1 aromatic carbocycles. The molecule has 4 heteroatoms. The van der Waals surface area contributed by atoms with Gasteiger partial charge in [0.15, 0.2) is 0 Å². The minimum atomic E-state index is 0.322. The highest BCUT2D eigenvalue weighted by atomic mass is 79.9. The normalized spacial score (nSPS) is 12.6. The molecule has 0 spiro atoms. The SMILES string of the molecule is CC(NCc1cncn1C)c1cccc(Br)c1. The molecule has 90 valence electrons. The summed E-state index contributed by atoms with van der Waals surface area (Å²) in [5.74, 6) is 0. The van der Waals surface area contributed by atoms with Crippen LogP contribution in [0.2, 0.25) is 0 Å². The van der Waals surface area contributed by atoms with Crippen LogP contribution in [-0.4, -0.2) is 9.55 Å². The van der Waals surface area contributed by atoms with Gasteiger partial charge in [0, 0.05) is 30.3 Å². The second kappa shape index (κ2) is 5.47. The van der Waals surface area contributed by atoms with Gasteiger partial charge in [-0.2, -0.15) is 0 Å². The molecule has 2 aromatic rings. The van der Waals surface area contributed by atoms with E-state index in [4.69, 9.17) is 0 Å². The van der Waals surface area contributed by atoms with Gasteiger partial charge in [0.1, 0.15) is 0 Å². The first-order valence-corrected chi connectivity index (χ1v) is 6.40. The molecule has 1 unspecified atom stereocenters. The van der Waals surface area contributed by atoms with Crippen molar-refractivity contribution in [1.29, 1.82) is 0 Å². The van der Waals surface area contributed by atoms with Crippen LogP contribution in [0.3, 0.4) is 0 Å². The lowest BCUT2D eigenvalue weighted by Crippen LogP contribution is -2.19. The summed E-state index contributed by atoms with van der Waals surface area (Å²) in [4.78, 5) is 4.10. The van der Waals surface area contributed by atoms with Crippen molar-refractivity contribution in [2.75, 3.05) is 0 Å². The highest BCUT2D eigenvalue weighted by molar-refractivity contribution is 9.10. The fourth-order valence-electron chi connectivity index (χ4n) is 1.71. The minimum Gasteiger partial charge on any atom is -0.337 e. The van der Waals surface area contributed by atoms with E-state index < -0.39 is 0 Å². The predicted octanol–water partition coefficient (Wildman–Crippen LogP) is 3.03. The Balaban J connectivity index is 1.98. The summed E-state index contributed by atoms with van der Waals surface area (Å²) in [5, 5.41) is 3.49. The molecule has 0 amide bonds. The van der Waals surface area contributed by atoms with Gasteiger partial charge in [-0.05, 0) is 24.6 Å². The van der Waals surface area contributed by atoms with Crippen molar-refractivity contribution in [3.05, 3.63) is 52.5 Å². The lowest BCUT2D eigenvalue weighted by Gasteiger charge is -2.14. The molecule has 17 heavy (non-hydrogen) atoms. The van der Waals surface area contributed by atoms with Crippen molar-refractivity contribution in [3.63, 3.8) is 0 Å². The third-order valence-electron chi connectivity index (χ3n) is 2.85. The fraction of sp³-hybridized carbons (Fsp3) is 0.308. The number of aryl methyl sites for hydroxylation is 1. The van der Waals surface area contributed by atoms with E-state index >= 15 is 0 Å². The average molecular weight is 294 g/mol. The highest BCUT2D eigenvalue weighted by Crippen LogP contribution is 2.18. The number of imidazole rings is 1. The molecule has 0 saturated heterocycles. The molecule has 1 atom stereocenters.